The summed E-state index contributed by atoms with van der Waals surface area (Å²) < 4.78 is 1.88. The summed E-state index contributed by atoms with van der Waals surface area (Å²) in [4.78, 5) is 27.7. The summed E-state index contributed by atoms with van der Waals surface area (Å²) in [7, 11) is 0. The first kappa shape index (κ1) is 25.0. The van der Waals surface area contributed by atoms with Crippen LogP contribution >= 0.6 is 0 Å². The zero-order valence-electron chi connectivity index (χ0n) is 21.7. The number of aromatic nitrogens is 3. The predicted octanol–water partition coefficient (Wildman–Crippen LogP) is 6.11. The highest BCUT2D eigenvalue weighted by Gasteiger charge is 2.24. The molecule has 0 fully saturated rings. The number of primary amides is 1. The minimum absolute atomic E-state index is 0.141. The summed E-state index contributed by atoms with van der Waals surface area (Å²) in [5.74, 6) is -0.475. The number of pyridine rings is 1. The van der Waals surface area contributed by atoms with Gasteiger partial charge in [0, 0.05) is 44.5 Å². The lowest BCUT2D eigenvalue weighted by Crippen LogP contribution is -2.20. The molecule has 2 N–H and O–H groups in total. The van der Waals surface area contributed by atoms with E-state index in [2.05, 4.69) is 53.7 Å². The third-order valence-corrected chi connectivity index (χ3v) is 6.11. The summed E-state index contributed by atoms with van der Waals surface area (Å²) in [5, 5.41) is 4.93. The zero-order chi connectivity index (χ0) is 26.3. The molecular weight excluding hydrogens is 448 g/mol. The van der Waals surface area contributed by atoms with Gasteiger partial charge in [0.2, 0.25) is 5.91 Å². The van der Waals surface area contributed by atoms with Crippen molar-refractivity contribution in [2.24, 2.45) is 5.73 Å². The van der Waals surface area contributed by atoms with Crippen LogP contribution in [0.1, 0.15) is 73.6 Å². The Labute approximate surface area is 212 Å². The Morgan fingerprint density at radius 1 is 0.806 bits per heavy atom. The van der Waals surface area contributed by atoms with Crippen molar-refractivity contribution in [3.05, 3.63) is 89.2 Å². The number of rotatable bonds is 5. The lowest BCUT2D eigenvalue weighted by Gasteiger charge is -2.25. The summed E-state index contributed by atoms with van der Waals surface area (Å²) in [6.45, 7) is 12.9. The molecule has 0 radical (unpaired) electrons. The monoisotopic (exact) mass is 480 g/mol. The molecule has 2 aromatic heterocycles. The first-order valence-corrected chi connectivity index (χ1v) is 12.0. The van der Waals surface area contributed by atoms with Crippen LogP contribution in [0.4, 0.5) is 0 Å². The predicted molar refractivity (Wildman–Crippen MR) is 144 cm³/mol. The van der Waals surface area contributed by atoms with E-state index >= 15 is 0 Å². The maximum atomic E-state index is 11.6. The molecule has 4 aromatic rings. The van der Waals surface area contributed by atoms with Crippen LogP contribution in [0.5, 0.6) is 0 Å². The molecule has 6 nitrogen and oxygen atoms in total. The number of carbonyl (C=O) groups is 2. The molecule has 4 rings (SSSR count). The van der Waals surface area contributed by atoms with E-state index in [9.17, 15) is 9.59 Å². The van der Waals surface area contributed by atoms with Crippen molar-refractivity contribution < 1.29 is 9.59 Å². The maximum absolute atomic E-state index is 11.6. The van der Waals surface area contributed by atoms with Crippen LogP contribution in [0.3, 0.4) is 0 Å². The van der Waals surface area contributed by atoms with Gasteiger partial charge < -0.3 is 5.73 Å². The second kappa shape index (κ2) is 9.19. The van der Waals surface area contributed by atoms with Crippen LogP contribution in [0, 0.1) is 0 Å². The number of hydrogen-bond donors (Lipinski definition) is 1. The highest BCUT2D eigenvalue weighted by molar-refractivity contribution is 5.93. The van der Waals surface area contributed by atoms with Gasteiger partial charge in [-0.3, -0.25) is 14.6 Å². The van der Waals surface area contributed by atoms with Crippen molar-refractivity contribution in [3.63, 3.8) is 0 Å². The normalized spacial score (nSPS) is 11.9. The van der Waals surface area contributed by atoms with Gasteiger partial charge in [-0.1, -0.05) is 65.8 Å². The number of nitrogens with two attached hydrogens (primary N) is 1. The Bertz CT molecular complexity index is 1390. The number of hydrogen-bond acceptors (Lipinski definition) is 4. The molecule has 6 heteroatoms. The molecule has 2 aromatic carbocycles. The van der Waals surface area contributed by atoms with E-state index < -0.39 is 5.91 Å². The lowest BCUT2D eigenvalue weighted by atomic mass is 9.86. The molecule has 36 heavy (non-hydrogen) atoms. The average Bonchev–Trinajstić information content (AvgIpc) is 3.28. The molecule has 0 atom stereocenters. The van der Waals surface area contributed by atoms with Gasteiger partial charge in [0.1, 0.15) is 6.29 Å². The van der Waals surface area contributed by atoms with Crippen molar-refractivity contribution in [3.8, 4) is 28.2 Å². The van der Waals surface area contributed by atoms with Gasteiger partial charge in [0.25, 0.3) is 0 Å². The Kier molecular flexibility index (Phi) is 6.39. The van der Waals surface area contributed by atoms with Gasteiger partial charge in [-0.2, -0.15) is 5.10 Å². The molecule has 0 aliphatic heterocycles. The average molecular weight is 481 g/mol. The van der Waals surface area contributed by atoms with E-state index in [0.717, 1.165) is 45.9 Å². The minimum Gasteiger partial charge on any atom is -0.366 e. The fourth-order valence-electron chi connectivity index (χ4n) is 3.87. The number of amides is 1. The SMILES string of the molecule is CC(C)(C)c1cc(-c2cc(-c3ccc(C=O)cc3)nn2-c2ccc(C(N)=O)cc2)cc(C(C)(C)C)n1. The first-order valence-electron chi connectivity index (χ1n) is 12.0. The summed E-state index contributed by atoms with van der Waals surface area (Å²) >= 11 is 0. The Balaban J connectivity index is 1.96. The van der Waals surface area contributed by atoms with E-state index in [0.29, 0.717) is 11.1 Å². The second-order valence-electron chi connectivity index (χ2n) is 11.1. The topological polar surface area (TPSA) is 90.9 Å². The van der Waals surface area contributed by atoms with Gasteiger partial charge in [-0.15, -0.1) is 0 Å². The largest absolute Gasteiger partial charge is 0.366 e. The van der Waals surface area contributed by atoms with Gasteiger partial charge in [0.15, 0.2) is 0 Å². The van der Waals surface area contributed by atoms with Crippen LogP contribution in [0.2, 0.25) is 0 Å². The molecule has 0 unspecified atom stereocenters. The molecule has 0 aliphatic rings. The van der Waals surface area contributed by atoms with Gasteiger partial charge >= 0.3 is 0 Å². The summed E-state index contributed by atoms with van der Waals surface area (Å²) in [6.07, 6.45) is 0.827. The van der Waals surface area contributed by atoms with Crippen LogP contribution in [0.25, 0.3) is 28.2 Å². The summed E-state index contributed by atoms with van der Waals surface area (Å²) in [6, 6.07) is 20.7. The highest BCUT2D eigenvalue weighted by atomic mass is 16.1. The van der Waals surface area contributed by atoms with E-state index in [1.54, 1.807) is 24.3 Å². The van der Waals surface area contributed by atoms with Crippen molar-refractivity contribution in [2.45, 2.75) is 52.4 Å². The Morgan fingerprint density at radius 2 is 1.36 bits per heavy atom. The molecule has 0 spiro atoms. The van der Waals surface area contributed by atoms with Gasteiger partial charge in [0.05, 0.1) is 17.1 Å². The minimum atomic E-state index is -0.475. The standard InChI is InChI=1S/C30H32N4O2/c1-29(2,3)26-15-22(16-27(32-26)30(4,5)6)25-17-24(20-9-7-19(18-35)8-10-20)33-34(25)23-13-11-21(12-14-23)28(31)36/h7-18H,1-6H3,(H2,31,36). The van der Waals surface area contributed by atoms with Crippen molar-refractivity contribution in [1.82, 2.24) is 14.8 Å². The van der Waals surface area contributed by atoms with E-state index in [1.165, 1.54) is 0 Å². The van der Waals surface area contributed by atoms with Gasteiger partial charge in [-0.05, 0) is 42.5 Å². The smallest absolute Gasteiger partial charge is 0.248 e. The third-order valence-electron chi connectivity index (χ3n) is 6.11. The molecular formula is C30H32N4O2. The maximum Gasteiger partial charge on any atom is 0.248 e. The number of carbonyl (C=O) groups excluding carboxylic acids is 2. The van der Waals surface area contributed by atoms with Crippen LogP contribution < -0.4 is 5.73 Å². The Hall–Kier alpha value is -4.06. The van der Waals surface area contributed by atoms with Crippen molar-refractivity contribution in [1.29, 1.82) is 0 Å². The number of aldehydes is 1. The highest BCUT2D eigenvalue weighted by Crippen LogP contribution is 2.34. The quantitative estimate of drug-likeness (QED) is 0.349. The van der Waals surface area contributed by atoms with Crippen LogP contribution in [-0.4, -0.2) is 27.0 Å². The van der Waals surface area contributed by atoms with Crippen molar-refractivity contribution >= 4 is 12.2 Å². The fraction of sp³-hybridized carbons (Fsp3) is 0.267. The van der Waals surface area contributed by atoms with E-state index in [-0.39, 0.29) is 10.8 Å². The third kappa shape index (κ3) is 5.13. The molecule has 1 amide bonds. The molecule has 0 saturated heterocycles. The van der Waals surface area contributed by atoms with E-state index in [4.69, 9.17) is 15.8 Å². The van der Waals surface area contributed by atoms with Crippen molar-refractivity contribution in [2.75, 3.05) is 0 Å². The molecule has 0 aliphatic carbocycles. The van der Waals surface area contributed by atoms with Crippen LogP contribution in [-0.2, 0) is 10.8 Å². The fourth-order valence-corrected chi connectivity index (χ4v) is 3.87. The van der Waals surface area contributed by atoms with Crippen LogP contribution in [0.15, 0.2) is 66.7 Å². The molecule has 0 saturated carbocycles. The summed E-state index contributed by atoms with van der Waals surface area (Å²) in [5.41, 5.74) is 12.6. The Morgan fingerprint density at radius 3 is 1.83 bits per heavy atom. The van der Waals surface area contributed by atoms with E-state index in [1.807, 2.05) is 35.0 Å². The second-order valence-corrected chi connectivity index (χ2v) is 11.1. The molecule has 184 valence electrons. The number of benzene rings is 2. The zero-order valence-corrected chi connectivity index (χ0v) is 21.7. The lowest BCUT2D eigenvalue weighted by molar-refractivity contribution is 0.1000. The van der Waals surface area contributed by atoms with Gasteiger partial charge in [-0.25, -0.2) is 4.68 Å². The number of nitrogens with zero attached hydrogens (tertiary/aromatic N) is 3. The first-order chi connectivity index (χ1) is 16.9. The molecule has 2 heterocycles. The molecule has 0 bridgehead atoms.